The van der Waals surface area contributed by atoms with E-state index in [1.807, 2.05) is 13.8 Å². The number of anilines is 1. The van der Waals surface area contributed by atoms with Crippen LogP contribution in [0.2, 0.25) is 0 Å². The summed E-state index contributed by atoms with van der Waals surface area (Å²) in [6.07, 6.45) is 3.95. The largest absolute Gasteiger partial charge is 0.490 e. The van der Waals surface area contributed by atoms with Gasteiger partial charge in [0.1, 0.15) is 5.75 Å². The van der Waals surface area contributed by atoms with Gasteiger partial charge in [0.05, 0.1) is 15.5 Å². The second-order valence-electron chi connectivity index (χ2n) is 7.61. The van der Waals surface area contributed by atoms with Crippen LogP contribution in [-0.4, -0.2) is 37.8 Å². The molecule has 0 aromatic heterocycles. The van der Waals surface area contributed by atoms with Crippen LogP contribution in [0.25, 0.3) is 0 Å². The lowest BCUT2D eigenvalue weighted by atomic mass is 10.2. The Hall–Kier alpha value is -1.90. The van der Waals surface area contributed by atoms with E-state index in [0.717, 1.165) is 25.7 Å². The zero-order valence-corrected chi connectivity index (χ0v) is 19.6. The zero-order chi connectivity index (χ0) is 21.7. The molecule has 6 nitrogen and oxygen atoms in total. The molecule has 0 unspecified atom stereocenters. The molecule has 2 aromatic carbocycles. The minimum atomic E-state index is -3.50. The molecule has 0 radical (unpaired) electrons. The highest BCUT2D eigenvalue weighted by atomic mass is 79.9. The second-order valence-corrected chi connectivity index (χ2v) is 10.4. The predicted molar refractivity (Wildman–Crippen MR) is 122 cm³/mol. The van der Waals surface area contributed by atoms with Crippen LogP contribution in [0.5, 0.6) is 5.75 Å². The van der Waals surface area contributed by atoms with Crippen molar-refractivity contribution in [3.05, 3.63) is 52.5 Å². The van der Waals surface area contributed by atoms with Crippen molar-refractivity contribution >= 4 is 37.5 Å². The van der Waals surface area contributed by atoms with E-state index in [0.29, 0.717) is 34.6 Å². The van der Waals surface area contributed by atoms with Crippen molar-refractivity contribution in [2.75, 3.05) is 18.4 Å². The molecule has 0 aliphatic carbocycles. The number of benzene rings is 2. The maximum atomic E-state index is 12.9. The zero-order valence-electron chi connectivity index (χ0n) is 17.2. The molecule has 1 saturated heterocycles. The van der Waals surface area contributed by atoms with E-state index < -0.39 is 10.0 Å². The number of ether oxygens (including phenoxy) is 1. The summed E-state index contributed by atoms with van der Waals surface area (Å²) >= 11 is 3.43. The predicted octanol–water partition coefficient (Wildman–Crippen LogP) is 5.05. The first-order valence-corrected chi connectivity index (χ1v) is 12.4. The highest BCUT2D eigenvalue weighted by Crippen LogP contribution is 2.27. The second kappa shape index (κ2) is 9.94. The molecule has 0 bridgehead atoms. The number of nitrogens with zero attached hydrogens (tertiary/aromatic N) is 1. The molecule has 1 fully saturated rings. The highest BCUT2D eigenvalue weighted by Gasteiger charge is 2.25. The minimum Gasteiger partial charge on any atom is -0.490 e. The topological polar surface area (TPSA) is 75.7 Å². The summed E-state index contributed by atoms with van der Waals surface area (Å²) < 4.78 is 33.6. The molecule has 0 spiro atoms. The Kier molecular flexibility index (Phi) is 7.55. The molecule has 30 heavy (non-hydrogen) atoms. The average Bonchev–Trinajstić information content (AvgIpc) is 3.00. The van der Waals surface area contributed by atoms with E-state index in [4.69, 9.17) is 4.74 Å². The van der Waals surface area contributed by atoms with E-state index in [-0.39, 0.29) is 16.9 Å². The summed E-state index contributed by atoms with van der Waals surface area (Å²) in [6.45, 7) is 4.99. The normalized spacial score (nSPS) is 15.6. The number of hydrogen-bond acceptors (Lipinski definition) is 4. The standard InChI is InChI=1S/C22H27BrN2O4S/c1-16(2)29-21-12-7-17(15-20(21)23)22(26)24-18-8-10-19(11-9-18)30(27,28)25-13-5-3-4-6-14-25/h7-12,15-16H,3-6,13-14H2,1-2H3,(H,24,26). The van der Waals surface area contributed by atoms with Gasteiger partial charge in [-0.3, -0.25) is 4.79 Å². The smallest absolute Gasteiger partial charge is 0.255 e. The summed E-state index contributed by atoms with van der Waals surface area (Å²) in [7, 11) is -3.50. The molecule has 3 rings (SSSR count). The quantitative estimate of drug-likeness (QED) is 0.609. The molecule has 1 N–H and O–H groups in total. The maximum Gasteiger partial charge on any atom is 0.255 e. The van der Waals surface area contributed by atoms with Crippen LogP contribution in [-0.2, 0) is 10.0 Å². The minimum absolute atomic E-state index is 0.0325. The van der Waals surface area contributed by atoms with Gasteiger partial charge in [-0.05, 0) is 85.1 Å². The Labute approximate surface area is 186 Å². The number of amides is 1. The van der Waals surface area contributed by atoms with Gasteiger partial charge in [0.15, 0.2) is 0 Å². The van der Waals surface area contributed by atoms with Gasteiger partial charge in [0, 0.05) is 24.3 Å². The van der Waals surface area contributed by atoms with E-state index >= 15 is 0 Å². The van der Waals surface area contributed by atoms with Gasteiger partial charge in [-0.15, -0.1) is 0 Å². The monoisotopic (exact) mass is 494 g/mol. The Morgan fingerprint density at radius 2 is 1.67 bits per heavy atom. The van der Waals surface area contributed by atoms with Gasteiger partial charge in [-0.1, -0.05) is 12.8 Å². The summed E-state index contributed by atoms with van der Waals surface area (Å²) in [5, 5.41) is 2.80. The molecule has 1 aliphatic heterocycles. The number of sulfonamides is 1. The molecule has 1 aliphatic rings. The third kappa shape index (κ3) is 5.62. The summed E-state index contributed by atoms with van der Waals surface area (Å²) in [5.74, 6) is 0.388. The fourth-order valence-electron chi connectivity index (χ4n) is 3.34. The summed E-state index contributed by atoms with van der Waals surface area (Å²) in [6, 6.07) is 11.5. The highest BCUT2D eigenvalue weighted by molar-refractivity contribution is 9.10. The van der Waals surface area contributed by atoms with Crippen molar-refractivity contribution in [1.29, 1.82) is 0 Å². The molecule has 1 amide bonds. The number of hydrogen-bond donors (Lipinski definition) is 1. The van der Waals surface area contributed by atoms with Crippen molar-refractivity contribution in [3.8, 4) is 5.75 Å². The molecular weight excluding hydrogens is 468 g/mol. The van der Waals surface area contributed by atoms with E-state index in [9.17, 15) is 13.2 Å². The average molecular weight is 495 g/mol. The lowest BCUT2D eigenvalue weighted by Gasteiger charge is -2.20. The number of carbonyl (C=O) groups excluding carboxylic acids is 1. The Bertz CT molecular complexity index is 983. The van der Waals surface area contributed by atoms with Gasteiger partial charge in [0.2, 0.25) is 10.0 Å². The number of carbonyl (C=O) groups is 1. The van der Waals surface area contributed by atoms with Crippen molar-refractivity contribution < 1.29 is 17.9 Å². The first kappa shape index (κ1) is 22.8. The van der Waals surface area contributed by atoms with E-state index in [1.165, 1.54) is 0 Å². The summed E-state index contributed by atoms with van der Waals surface area (Å²) in [4.78, 5) is 12.8. The van der Waals surface area contributed by atoms with Crippen molar-refractivity contribution in [1.82, 2.24) is 4.31 Å². The van der Waals surface area contributed by atoms with Crippen molar-refractivity contribution in [2.45, 2.75) is 50.5 Å². The van der Waals surface area contributed by atoms with Gasteiger partial charge in [0.25, 0.3) is 5.91 Å². The molecule has 8 heteroatoms. The van der Waals surface area contributed by atoms with E-state index in [1.54, 1.807) is 46.8 Å². The molecule has 0 atom stereocenters. The van der Waals surface area contributed by atoms with Crippen LogP contribution in [0.1, 0.15) is 49.9 Å². The molecule has 2 aromatic rings. The van der Waals surface area contributed by atoms with Gasteiger partial charge < -0.3 is 10.1 Å². The third-order valence-corrected chi connectivity index (χ3v) is 7.40. The third-order valence-electron chi connectivity index (χ3n) is 4.87. The first-order valence-electron chi connectivity index (χ1n) is 10.1. The molecule has 162 valence electrons. The maximum absolute atomic E-state index is 12.9. The molecule has 0 saturated carbocycles. The van der Waals surface area contributed by atoms with Gasteiger partial charge >= 0.3 is 0 Å². The fourth-order valence-corrected chi connectivity index (χ4v) is 5.33. The lowest BCUT2D eigenvalue weighted by molar-refractivity contribution is 0.102. The number of rotatable bonds is 6. The van der Waals surface area contributed by atoms with Crippen LogP contribution < -0.4 is 10.1 Å². The van der Waals surface area contributed by atoms with Crippen LogP contribution in [0, 0.1) is 0 Å². The van der Waals surface area contributed by atoms with Crippen molar-refractivity contribution in [3.63, 3.8) is 0 Å². The van der Waals surface area contributed by atoms with Crippen LogP contribution in [0.4, 0.5) is 5.69 Å². The van der Waals surface area contributed by atoms with Crippen LogP contribution in [0.15, 0.2) is 51.8 Å². The summed E-state index contributed by atoms with van der Waals surface area (Å²) in [5.41, 5.74) is 1.01. The van der Waals surface area contributed by atoms with Gasteiger partial charge in [-0.25, -0.2) is 8.42 Å². The van der Waals surface area contributed by atoms with Gasteiger partial charge in [-0.2, -0.15) is 4.31 Å². The Morgan fingerprint density at radius 1 is 1.03 bits per heavy atom. The Balaban J connectivity index is 1.69. The van der Waals surface area contributed by atoms with Crippen LogP contribution in [0.3, 0.4) is 0 Å². The number of nitrogens with one attached hydrogen (secondary N) is 1. The Morgan fingerprint density at radius 3 is 2.23 bits per heavy atom. The van der Waals surface area contributed by atoms with Crippen molar-refractivity contribution in [2.24, 2.45) is 0 Å². The van der Waals surface area contributed by atoms with Crippen LogP contribution >= 0.6 is 15.9 Å². The molecular formula is C22H27BrN2O4S. The number of halogens is 1. The fraction of sp³-hybridized carbons (Fsp3) is 0.409. The lowest BCUT2D eigenvalue weighted by Crippen LogP contribution is -2.31. The first-order chi connectivity index (χ1) is 14.3. The SMILES string of the molecule is CC(C)Oc1ccc(C(=O)Nc2ccc(S(=O)(=O)N3CCCCCC3)cc2)cc1Br. The van der Waals surface area contributed by atoms with E-state index in [2.05, 4.69) is 21.2 Å². The molecule has 1 heterocycles.